The number of amides is 2. The predicted octanol–water partition coefficient (Wildman–Crippen LogP) is 5.63. The third kappa shape index (κ3) is 4.75. The maximum absolute atomic E-state index is 13.4. The summed E-state index contributed by atoms with van der Waals surface area (Å²) in [5, 5.41) is 2.39. The molecule has 1 heterocycles. The van der Waals surface area contributed by atoms with Crippen molar-refractivity contribution in [2.24, 2.45) is 0 Å². The summed E-state index contributed by atoms with van der Waals surface area (Å²) >= 11 is 4.27. The van der Waals surface area contributed by atoms with Crippen molar-refractivity contribution < 1.29 is 31.7 Å². The number of carbonyl (C=O) groups is 2. The van der Waals surface area contributed by atoms with Crippen LogP contribution in [0.1, 0.15) is 22.6 Å². The molecule has 3 aromatic carbocycles. The molecular formula is C23H16ClF4N2O3S+. The molecule has 0 aliphatic carbocycles. The van der Waals surface area contributed by atoms with Crippen LogP contribution in [-0.4, -0.2) is 20.7 Å². The van der Waals surface area contributed by atoms with E-state index in [9.17, 15) is 31.7 Å². The molecule has 1 aliphatic rings. The third-order valence-corrected chi connectivity index (χ3v) is 6.90. The van der Waals surface area contributed by atoms with Crippen LogP contribution in [0.2, 0.25) is 5.02 Å². The SMILES string of the molecule is O=C(Nc1ccccc1C(F)(F)F)C1C(=O)N(Cc2ccc(F)cc2)[S+](O)c2ccc(Cl)cc21. The molecule has 2 amide bonds. The Morgan fingerprint density at radius 1 is 1.09 bits per heavy atom. The van der Waals surface area contributed by atoms with Crippen LogP contribution in [-0.2, 0) is 33.7 Å². The fourth-order valence-corrected chi connectivity index (χ4v) is 5.13. The van der Waals surface area contributed by atoms with E-state index < -0.39 is 52.3 Å². The average molecular weight is 512 g/mol. The first-order valence-electron chi connectivity index (χ1n) is 9.82. The Morgan fingerprint density at radius 3 is 2.44 bits per heavy atom. The number of rotatable bonds is 4. The lowest BCUT2D eigenvalue weighted by Crippen LogP contribution is -2.47. The van der Waals surface area contributed by atoms with Gasteiger partial charge in [0.1, 0.15) is 5.82 Å². The van der Waals surface area contributed by atoms with Crippen molar-refractivity contribution in [1.82, 2.24) is 4.31 Å². The number of hydrogen-bond acceptors (Lipinski definition) is 3. The van der Waals surface area contributed by atoms with Crippen molar-refractivity contribution in [3.05, 3.63) is 94.3 Å². The smallest absolute Gasteiger partial charge is 0.325 e. The maximum atomic E-state index is 13.4. The first-order valence-corrected chi connectivity index (χ1v) is 11.3. The van der Waals surface area contributed by atoms with Crippen LogP contribution in [0, 0.1) is 5.82 Å². The second-order valence-electron chi connectivity index (χ2n) is 7.41. The molecule has 1 aliphatic heterocycles. The normalized spacial score (nSPS) is 17.9. The lowest BCUT2D eigenvalue weighted by atomic mass is 9.96. The standard InChI is InChI=1S/C23H15ClF4N2O3S/c24-14-7-10-19-16(11-14)20(21(31)29-18-4-2-1-3-17(18)23(26,27)28)22(32)30(34(19)33)12-13-5-8-15(25)9-6-13/h1-11,20,33H,12H2/p+1. The zero-order valence-corrected chi connectivity index (χ0v) is 18.7. The van der Waals surface area contributed by atoms with Crippen LogP contribution in [0.3, 0.4) is 0 Å². The summed E-state index contributed by atoms with van der Waals surface area (Å²) in [6, 6.07) is 13.9. The van der Waals surface area contributed by atoms with E-state index in [1.807, 2.05) is 0 Å². The van der Waals surface area contributed by atoms with Crippen molar-refractivity contribution in [2.45, 2.75) is 23.5 Å². The Hall–Kier alpha value is -3.08. The van der Waals surface area contributed by atoms with E-state index >= 15 is 0 Å². The van der Waals surface area contributed by atoms with Gasteiger partial charge in [0.15, 0.2) is 5.92 Å². The Labute approximate surface area is 199 Å². The van der Waals surface area contributed by atoms with Gasteiger partial charge >= 0.3 is 17.5 Å². The highest BCUT2D eigenvalue weighted by molar-refractivity contribution is 7.90. The van der Waals surface area contributed by atoms with Gasteiger partial charge < -0.3 is 5.32 Å². The summed E-state index contributed by atoms with van der Waals surface area (Å²) in [4.78, 5) is 26.8. The molecular weight excluding hydrogens is 496 g/mol. The van der Waals surface area contributed by atoms with Crippen LogP contribution in [0.4, 0.5) is 23.2 Å². The second-order valence-corrected chi connectivity index (χ2v) is 9.26. The summed E-state index contributed by atoms with van der Waals surface area (Å²) < 4.78 is 65.3. The highest BCUT2D eigenvalue weighted by Gasteiger charge is 2.51. The second kappa shape index (κ2) is 9.28. The number of alkyl halides is 3. The number of benzene rings is 3. The van der Waals surface area contributed by atoms with E-state index in [4.69, 9.17) is 11.6 Å². The van der Waals surface area contributed by atoms with Crippen LogP contribution in [0.5, 0.6) is 0 Å². The zero-order valence-electron chi connectivity index (χ0n) is 17.1. The van der Waals surface area contributed by atoms with Gasteiger partial charge in [-0.25, -0.2) is 4.39 Å². The number of anilines is 1. The molecule has 11 heteroatoms. The summed E-state index contributed by atoms with van der Waals surface area (Å²) in [5.41, 5.74) is -0.987. The van der Waals surface area contributed by atoms with Gasteiger partial charge in [-0.3, -0.25) is 9.59 Å². The first kappa shape index (κ1) is 24.1. The van der Waals surface area contributed by atoms with Gasteiger partial charge in [0.25, 0.3) is 5.91 Å². The minimum absolute atomic E-state index is 0.0979. The van der Waals surface area contributed by atoms with Crippen molar-refractivity contribution in [2.75, 3.05) is 5.32 Å². The molecule has 5 nitrogen and oxygen atoms in total. The summed E-state index contributed by atoms with van der Waals surface area (Å²) in [7, 11) is 0. The lowest BCUT2D eigenvalue weighted by Gasteiger charge is -2.28. The summed E-state index contributed by atoms with van der Waals surface area (Å²) in [6.45, 7) is -0.149. The Balaban J connectivity index is 1.72. The van der Waals surface area contributed by atoms with E-state index in [1.165, 1.54) is 54.6 Å². The van der Waals surface area contributed by atoms with E-state index in [0.29, 0.717) is 5.56 Å². The number of nitrogens with one attached hydrogen (secondary N) is 1. The molecule has 3 aromatic rings. The number of hydrogen-bond donors (Lipinski definition) is 2. The minimum Gasteiger partial charge on any atom is -0.325 e. The lowest BCUT2D eigenvalue weighted by molar-refractivity contribution is -0.137. The van der Waals surface area contributed by atoms with Crippen molar-refractivity contribution in [3.8, 4) is 0 Å². The zero-order chi connectivity index (χ0) is 24.6. The van der Waals surface area contributed by atoms with Gasteiger partial charge in [0.05, 0.1) is 17.8 Å². The molecule has 0 spiro atoms. The quantitative estimate of drug-likeness (QED) is 0.271. The molecule has 2 atom stereocenters. The molecule has 0 radical (unpaired) electrons. The van der Waals surface area contributed by atoms with Gasteiger partial charge in [0.2, 0.25) is 10.8 Å². The molecule has 0 aromatic heterocycles. The minimum atomic E-state index is -4.73. The van der Waals surface area contributed by atoms with Gasteiger partial charge in [-0.15, -0.1) is 4.31 Å². The maximum Gasteiger partial charge on any atom is 0.418 e. The van der Waals surface area contributed by atoms with Gasteiger partial charge in [-0.2, -0.15) is 17.7 Å². The number of nitrogens with zero attached hydrogens (tertiary/aromatic N) is 1. The molecule has 0 saturated carbocycles. The first-order chi connectivity index (χ1) is 16.1. The molecule has 0 saturated heterocycles. The average Bonchev–Trinajstić information content (AvgIpc) is 2.77. The van der Waals surface area contributed by atoms with Crippen molar-refractivity contribution in [1.29, 1.82) is 0 Å². The van der Waals surface area contributed by atoms with E-state index in [-0.39, 0.29) is 22.0 Å². The summed E-state index contributed by atoms with van der Waals surface area (Å²) in [5.74, 6) is -3.89. The summed E-state index contributed by atoms with van der Waals surface area (Å²) in [6.07, 6.45) is -4.73. The van der Waals surface area contributed by atoms with Crippen molar-refractivity contribution >= 4 is 40.5 Å². The Kier molecular flexibility index (Phi) is 6.57. The molecule has 4 rings (SSSR count). The molecule has 34 heavy (non-hydrogen) atoms. The van der Waals surface area contributed by atoms with Crippen LogP contribution < -0.4 is 5.32 Å². The number of para-hydroxylation sites is 1. The monoisotopic (exact) mass is 511 g/mol. The van der Waals surface area contributed by atoms with Crippen molar-refractivity contribution in [3.63, 3.8) is 0 Å². The highest BCUT2D eigenvalue weighted by atomic mass is 35.5. The van der Waals surface area contributed by atoms with Crippen LogP contribution in [0.15, 0.2) is 71.6 Å². The predicted molar refractivity (Wildman–Crippen MR) is 119 cm³/mol. The molecule has 0 fully saturated rings. The highest BCUT2D eigenvalue weighted by Crippen LogP contribution is 2.39. The largest absolute Gasteiger partial charge is 0.418 e. The van der Waals surface area contributed by atoms with Crippen LogP contribution in [0.25, 0.3) is 0 Å². The van der Waals surface area contributed by atoms with E-state index in [0.717, 1.165) is 16.4 Å². The fourth-order valence-electron chi connectivity index (χ4n) is 3.58. The van der Waals surface area contributed by atoms with E-state index in [2.05, 4.69) is 5.32 Å². The number of halogens is 5. The Morgan fingerprint density at radius 2 is 1.76 bits per heavy atom. The van der Waals surface area contributed by atoms with Gasteiger partial charge in [-0.1, -0.05) is 35.9 Å². The molecule has 0 bridgehead atoms. The number of carbonyl (C=O) groups excluding carboxylic acids is 2. The van der Waals surface area contributed by atoms with Gasteiger partial charge in [0, 0.05) is 16.7 Å². The third-order valence-electron chi connectivity index (χ3n) is 5.17. The Bertz CT molecular complexity index is 1250. The number of fused-ring (bicyclic) bond motifs is 1. The molecule has 2 unspecified atom stereocenters. The van der Waals surface area contributed by atoms with Crippen LogP contribution >= 0.6 is 11.6 Å². The van der Waals surface area contributed by atoms with Gasteiger partial charge in [-0.05, 0) is 42.0 Å². The molecule has 176 valence electrons. The topological polar surface area (TPSA) is 69.6 Å². The fraction of sp³-hybridized carbons (Fsp3) is 0.130. The van der Waals surface area contributed by atoms with E-state index in [1.54, 1.807) is 0 Å². The molecule has 2 N–H and O–H groups in total.